The first-order chi connectivity index (χ1) is 20.6. The van der Waals surface area contributed by atoms with Gasteiger partial charge < -0.3 is 19.8 Å². The molecule has 0 aliphatic heterocycles. The first kappa shape index (κ1) is 29.6. The summed E-state index contributed by atoms with van der Waals surface area (Å²) in [5.74, 6) is -4.27. The van der Waals surface area contributed by atoms with Gasteiger partial charge in [0, 0.05) is 16.9 Å². The lowest BCUT2D eigenvalue weighted by Crippen LogP contribution is -2.31. The maximum atomic E-state index is 13.6. The molecule has 0 spiro atoms. The van der Waals surface area contributed by atoms with E-state index in [1.165, 1.54) is 12.1 Å². The molecule has 1 aromatic heterocycles. The average molecular weight is 592 g/mol. The number of oxazole rings is 1. The summed E-state index contributed by atoms with van der Waals surface area (Å²) in [6, 6.07) is 21.6. The van der Waals surface area contributed by atoms with E-state index >= 15 is 0 Å². The highest BCUT2D eigenvalue weighted by molar-refractivity contribution is 6.04. The van der Waals surface area contributed by atoms with E-state index in [1.54, 1.807) is 73.7 Å². The van der Waals surface area contributed by atoms with Gasteiger partial charge in [-0.1, -0.05) is 48.9 Å². The van der Waals surface area contributed by atoms with Crippen LogP contribution in [0.25, 0.3) is 22.6 Å². The number of aromatic nitrogens is 1. The molecule has 11 heteroatoms. The van der Waals surface area contributed by atoms with Crippen LogP contribution in [0, 0.1) is 11.8 Å². The quantitative estimate of drug-likeness (QED) is 0.210. The van der Waals surface area contributed by atoms with Gasteiger partial charge in [0.2, 0.25) is 17.6 Å². The van der Waals surface area contributed by atoms with Crippen LogP contribution < -0.4 is 10.6 Å². The van der Waals surface area contributed by atoms with Crippen LogP contribution in [0.1, 0.15) is 42.4 Å². The van der Waals surface area contributed by atoms with Gasteiger partial charge in [0.25, 0.3) is 5.91 Å². The molecule has 0 bridgehead atoms. The summed E-state index contributed by atoms with van der Waals surface area (Å²) in [6.45, 7) is 2.01. The standard InChI is InChI=1S/C32H28F3N3O5/c1-2-42-31(41)25-10-6-9-24(25)28(39)36-22-15-11-19(12-16-22)20-13-17-23(18-14-20)37-29(40)26-27(32(33,34)35)43-30(38-26)21-7-4-3-5-8-21/h3-5,7-8,11-18,24-25H,2,6,9-10H2,1H3,(H,36,39)(H,37,40)/t24-,25-/m0/s1. The highest BCUT2D eigenvalue weighted by Crippen LogP contribution is 2.36. The number of hydrogen-bond acceptors (Lipinski definition) is 6. The largest absolute Gasteiger partial charge is 0.466 e. The number of amides is 2. The number of nitrogens with one attached hydrogen (secondary N) is 2. The molecule has 5 rings (SSSR count). The molecule has 0 saturated heterocycles. The number of alkyl halides is 3. The van der Waals surface area contributed by atoms with Crippen LogP contribution in [0.2, 0.25) is 0 Å². The maximum absolute atomic E-state index is 13.6. The van der Waals surface area contributed by atoms with Gasteiger partial charge >= 0.3 is 12.1 Å². The minimum Gasteiger partial charge on any atom is -0.466 e. The average Bonchev–Trinajstić information content (AvgIpc) is 3.68. The highest BCUT2D eigenvalue weighted by atomic mass is 19.4. The van der Waals surface area contributed by atoms with Gasteiger partial charge in [0.15, 0.2) is 5.69 Å². The molecule has 43 heavy (non-hydrogen) atoms. The number of carbonyl (C=O) groups excluding carboxylic acids is 3. The lowest BCUT2D eigenvalue weighted by Gasteiger charge is -2.18. The van der Waals surface area contributed by atoms with Gasteiger partial charge in [-0.05, 0) is 67.3 Å². The van der Waals surface area contributed by atoms with Crippen molar-refractivity contribution in [2.45, 2.75) is 32.4 Å². The normalized spacial score (nSPS) is 16.5. The number of ether oxygens (including phenoxy) is 1. The molecule has 0 radical (unpaired) electrons. The van der Waals surface area contributed by atoms with Crippen molar-refractivity contribution in [1.82, 2.24) is 4.98 Å². The van der Waals surface area contributed by atoms with Gasteiger partial charge in [-0.3, -0.25) is 14.4 Å². The molecule has 1 fully saturated rings. The van der Waals surface area contributed by atoms with Crippen LogP contribution in [0.15, 0.2) is 83.3 Å². The number of hydrogen-bond donors (Lipinski definition) is 2. The minimum absolute atomic E-state index is 0.222. The van der Waals surface area contributed by atoms with Crippen molar-refractivity contribution in [1.29, 1.82) is 0 Å². The molecule has 1 heterocycles. The molecule has 8 nitrogen and oxygen atoms in total. The van der Waals surface area contributed by atoms with Crippen molar-refractivity contribution in [2.75, 3.05) is 17.2 Å². The minimum atomic E-state index is -4.91. The second-order valence-electron chi connectivity index (χ2n) is 10.1. The number of carbonyl (C=O) groups is 3. The second kappa shape index (κ2) is 12.5. The van der Waals surface area contributed by atoms with Crippen LogP contribution in [0.3, 0.4) is 0 Å². The van der Waals surface area contributed by atoms with E-state index in [2.05, 4.69) is 15.6 Å². The maximum Gasteiger partial charge on any atom is 0.452 e. The molecule has 2 atom stereocenters. The Bertz CT molecular complexity index is 1600. The molecule has 1 saturated carbocycles. The fourth-order valence-corrected chi connectivity index (χ4v) is 5.09. The lowest BCUT2D eigenvalue weighted by molar-refractivity contribution is -0.153. The topological polar surface area (TPSA) is 111 Å². The van der Waals surface area contributed by atoms with E-state index in [1.807, 2.05) is 0 Å². The van der Waals surface area contributed by atoms with E-state index in [4.69, 9.17) is 9.15 Å². The number of anilines is 2. The summed E-state index contributed by atoms with van der Waals surface area (Å²) in [5.41, 5.74) is 1.88. The van der Waals surface area contributed by atoms with Gasteiger partial charge in [-0.25, -0.2) is 4.98 Å². The molecular formula is C32H28F3N3O5. The van der Waals surface area contributed by atoms with E-state index in [0.717, 1.165) is 17.5 Å². The molecule has 0 unspecified atom stereocenters. The number of nitrogens with zero attached hydrogens (tertiary/aromatic N) is 1. The van der Waals surface area contributed by atoms with Crippen molar-refractivity contribution >= 4 is 29.2 Å². The van der Waals surface area contributed by atoms with Crippen molar-refractivity contribution < 1.29 is 36.7 Å². The number of halogens is 3. The summed E-state index contributed by atoms with van der Waals surface area (Å²) in [4.78, 5) is 41.7. The Hall–Kier alpha value is -4.93. The van der Waals surface area contributed by atoms with E-state index in [-0.39, 0.29) is 30.1 Å². The Balaban J connectivity index is 1.24. The van der Waals surface area contributed by atoms with E-state index in [9.17, 15) is 27.6 Å². The Morgan fingerprint density at radius 2 is 1.42 bits per heavy atom. The van der Waals surface area contributed by atoms with Gasteiger partial charge in [0.1, 0.15) is 0 Å². The Morgan fingerprint density at radius 1 is 0.837 bits per heavy atom. The molecule has 222 valence electrons. The van der Waals surface area contributed by atoms with Crippen LogP contribution in [0.4, 0.5) is 24.5 Å². The molecule has 2 amide bonds. The zero-order valence-electron chi connectivity index (χ0n) is 23.1. The Kier molecular flexibility index (Phi) is 8.61. The molecule has 3 aromatic carbocycles. The fraction of sp³-hybridized carbons (Fsp3) is 0.250. The van der Waals surface area contributed by atoms with Crippen molar-refractivity contribution in [2.24, 2.45) is 11.8 Å². The predicted octanol–water partition coefficient (Wildman–Crippen LogP) is 7.20. The van der Waals surface area contributed by atoms with Crippen LogP contribution in [-0.2, 0) is 20.5 Å². The van der Waals surface area contributed by atoms with E-state index in [0.29, 0.717) is 24.1 Å². The molecule has 1 aliphatic rings. The summed E-state index contributed by atoms with van der Waals surface area (Å²) in [5, 5.41) is 5.32. The SMILES string of the molecule is CCOC(=O)[C@H]1CCC[C@@H]1C(=O)Nc1ccc(-c2ccc(NC(=O)c3nc(-c4ccccc4)oc3C(F)(F)F)cc2)cc1. The van der Waals surface area contributed by atoms with Gasteiger partial charge in [-0.15, -0.1) is 0 Å². The summed E-state index contributed by atoms with van der Waals surface area (Å²) < 4.78 is 50.9. The third-order valence-corrected chi connectivity index (χ3v) is 7.19. The zero-order chi connectivity index (χ0) is 30.6. The van der Waals surface area contributed by atoms with Gasteiger partial charge in [0.05, 0.1) is 18.4 Å². The predicted molar refractivity (Wildman–Crippen MR) is 153 cm³/mol. The van der Waals surface area contributed by atoms with Crippen molar-refractivity contribution in [3.05, 3.63) is 90.3 Å². The first-order valence-corrected chi connectivity index (χ1v) is 13.8. The molecule has 2 N–H and O–H groups in total. The van der Waals surface area contributed by atoms with Crippen LogP contribution in [-0.4, -0.2) is 29.4 Å². The van der Waals surface area contributed by atoms with Crippen molar-refractivity contribution in [3.8, 4) is 22.6 Å². The zero-order valence-corrected chi connectivity index (χ0v) is 23.1. The number of rotatable bonds is 8. The Labute approximate surface area is 245 Å². The molecular weight excluding hydrogens is 563 g/mol. The third-order valence-electron chi connectivity index (χ3n) is 7.19. The smallest absolute Gasteiger partial charge is 0.452 e. The van der Waals surface area contributed by atoms with Crippen LogP contribution in [0.5, 0.6) is 0 Å². The lowest BCUT2D eigenvalue weighted by atomic mass is 9.95. The third kappa shape index (κ3) is 6.77. The monoisotopic (exact) mass is 591 g/mol. The van der Waals surface area contributed by atoms with Crippen LogP contribution >= 0.6 is 0 Å². The fourth-order valence-electron chi connectivity index (χ4n) is 5.09. The Morgan fingerprint density at radius 3 is 2.00 bits per heavy atom. The number of benzene rings is 3. The first-order valence-electron chi connectivity index (χ1n) is 13.8. The van der Waals surface area contributed by atoms with Crippen molar-refractivity contribution in [3.63, 3.8) is 0 Å². The summed E-state index contributed by atoms with van der Waals surface area (Å²) in [6.07, 6.45) is -2.88. The highest BCUT2D eigenvalue weighted by Gasteiger charge is 2.42. The second-order valence-corrected chi connectivity index (χ2v) is 10.1. The molecule has 4 aromatic rings. The van der Waals surface area contributed by atoms with Gasteiger partial charge in [-0.2, -0.15) is 13.2 Å². The number of esters is 1. The summed E-state index contributed by atoms with van der Waals surface area (Å²) >= 11 is 0. The molecule has 1 aliphatic carbocycles. The summed E-state index contributed by atoms with van der Waals surface area (Å²) in [7, 11) is 0. The van der Waals surface area contributed by atoms with E-state index < -0.39 is 35.4 Å².